The summed E-state index contributed by atoms with van der Waals surface area (Å²) < 4.78 is 5.74. The second-order valence-electron chi connectivity index (χ2n) is 4.39. The van der Waals surface area contributed by atoms with E-state index in [0.29, 0.717) is 18.8 Å². The summed E-state index contributed by atoms with van der Waals surface area (Å²) in [5, 5.41) is 5.90. The molecule has 1 amide bonds. The van der Waals surface area contributed by atoms with Crippen molar-refractivity contribution in [1.29, 1.82) is 0 Å². The van der Waals surface area contributed by atoms with E-state index < -0.39 is 0 Å². The van der Waals surface area contributed by atoms with Crippen LogP contribution >= 0.6 is 0 Å². The number of amidine groups is 1. The number of aliphatic imine (C=N–C) groups is 1. The summed E-state index contributed by atoms with van der Waals surface area (Å²) in [5.41, 5.74) is 7.22. The molecule has 1 unspecified atom stereocenters. The summed E-state index contributed by atoms with van der Waals surface area (Å²) in [4.78, 5) is 15.1. The first-order valence-corrected chi connectivity index (χ1v) is 6.18. The van der Waals surface area contributed by atoms with Crippen LogP contribution in [0, 0.1) is 0 Å². The lowest BCUT2D eigenvalue weighted by Gasteiger charge is -2.26. The normalized spacial score (nSPS) is 19.3. The molecule has 1 aliphatic heterocycles. The van der Waals surface area contributed by atoms with E-state index in [1.807, 2.05) is 19.1 Å². The largest absolute Gasteiger partial charge is 0.481 e. The number of carbonyl (C=O) groups excluding carboxylic acids is 1. The van der Waals surface area contributed by atoms with Gasteiger partial charge in [-0.15, -0.1) is 0 Å². The lowest BCUT2D eigenvalue weighted by atomic mass is 10.2. The Labute approximate surface area is 112 Å². The third-order valence-electron chi connectivity index (χ3n) is 2.72. The number of nitrogen functional groups attached to an aromatic ring is 1. The van der Waals surface area contributed by atoms with Crippen molar-refractivity contribution in [3.63, 3.8) is 0 Å². The van der Waals surface area contributed by atoms with E-state index in [1.54, 1.807) is 6.07 Å². The maximum atomic E-state index is 10.7. The van der Waals surface area contributed by atoms with Crippen LogP contribution in [0.1, 0.15) is 13.8 Å². The molecule has 2 rings (SSSR count). The van der Waals surface area contributed by atoms with Crippen molar-refractivity contribution in [2.75, 3.05) is 24.1 Å². The molecular formula is C13H18N4O2. The molecule has 0 saturated carbocycles. The summed E-state index contributed by atoms with van der Waals surface area (Å²) in [5.74, 6) is 1.45. The highest BCUT2D eigenvalue weighted by Crippen LogP contribution is 2.31. The Hall–Kier alpha value is -2.24. The van der Waals surface area contributed by atoms with Crippen LogP contribution < -0.4 is 21.1 Å². The monoisotopic (exact) mass is 262 g/mol. The van der Waals surface area contributed by atoms with Crippen molar-refractivity contribution >= 4 is 23.1 Å². The highest BCUT2D eigenvalue weighted by molar-refractivity contribution is 6.02. The zero-order chi connectivity index (χ0) is 13.8. The lowest BCUT2D eigenvalue weighted by molar-refractivity contribution is -0.118. The highest BCUT2D eigenvalue weighted by Gasteiger charge is 2.21. The summed E-state index contributed by atoms with van der Waals surface area (Å²) in [6, 6.07) is 5.44. The molecule has 0 radical (unpaired) electrons. The van der Waals surface area contributed by atoms with Gasteiger partial charge < -0.3 is 21.1 Å². The predicted octanol–water partition coefficient (Wildman–Crippen LogP) is 0.996. The van der Waals surface area contributed by atoms with Gasteiger partial charge in [0.25, 0.3) is 0 Å². The van der Waals surface area contributed by atoms with Crippen LogP contribution in [0.4, 0.5) is 11.4 Å². The topological polar surface area (TPSA) is 88.7 Å². The fourth-order valence-corrected chi connectivity index (χ4v) is 1.81. The minimum atomic E-state index is -0.145. The number of benzene rings is 1. The predicted molar refractivity (Wildman–Crippen MR) is 75.6 cm³/mol. The number of nitrogens with zero attached hydrogens (tertiary/aromatic N) is 1. The van der Waals surface area contributed by atoms with Crippen LogP contribution in [-0.4, -0.2) is 30.9 Å². The van der Waals surface area contributed by atoms with Crippen molar-refractivity contribution in [3.05, 3.63) is 18.2 Å². The van der Waals surface area contributed by atoms with E-state index in [4.69, 9.17) is 10.5 Å². The SMILES string of the molecule is CC(=O)NCCN=C1Nc2cc(N)ccc2OC1C. The molecule has 1 aromatic rings. The molecule has 1 heterocycles. The summed E-state index contributed by atoms with van der Waals surface area (Å²) >= 11 is 0. The number of ether oxygens (including phenoxy) is 1. The Morgan fingerprint density at radius 3 is 3.11 bits per heavy atom. The summed E-state index contributed by atoms with van der Waals surface area (Å²) in [6.45, 7) is 4.42. The van der Waals surface area contributed by atoms with Gasteiger partial charge in [0, 0.05) is 19.2 Å². The molecular weight excluding hydrogens is 244 g/mol. The fraction of sp³-hybridized carbons (Fsp3) is 0.385. The maximum absolute atomic E-state index is 10.7. The number of hydrogen-bond acceptors (Lipinski definition) is 4. The van der Waals surface area contributed by atoms with Gasteiger partial charge in [0.1, 0.15) is 11.6 Å². The Morgan fingerprint density at radius 1 is 1.58 bits per heavy atom. The first-order valence-electron chi connectivity index (χ1n) is 6.18. The first kappa shape index (κ1) is 13.2. The Kier molecular flexibility index (Phi) is 3.89. The third-order valence-corrected chi connectivity index (χ3v) is 2.72. The number of nitrogens with one attached hydrogen (secondary N) is 2. The second kappa shape index (κ2) is 5.60. The van der Waals surface area contributed by atoms with Gasteiger partial charge in [-0.3, -0.25) is 9.79 Å². The van der Waals surface area contributed by atoms with Gasteiger partial charge in [0.15, 0.2) is 6.10 Å². The van der Waals surface area contributed by atoms with E-state index in [-0.39, 0.29) is 12.0 Å². The van der Waals surface area contributed by atoms with Crippen molar-refractivity contribution in [2.45, 2.75) is 20.0 Å². The number of hydrogen-bond donors (Lipinski definition) is 3. The van der Waals surface area contributed by atoms with Gasteiger partial charge in [-0.2, -0.15) is 0 Å². The highest BCUT2D eigenvalue weighted by atomic mass is 16.5. The molecule has 0 aromatic heterocycles. The smallest absolute Gasteiger partial charge is 0.216 e. The van der Waals surface area contributed by atoms with Crippen LogP contribution in [-0.2, 0) is 4.79 Å². The van der Waals surface area contributed by atoms with Crippen LogP contribution in [0.2, 0.25) is 0 Å². The van der Waals surface area contributed by atoms with Gasteiger partial charge in [-0.1, -0.05) is 0 Å². The summed E-state index contributed by atoms with van der Waals surface area (Å²) in [6.07, 6.45) is -0.145. The van der Waals surface area contributed by atoms with Crippen LogP contribution in [0.5, 0.6) is 5.75 Å². The van der Waals surface area contributed by atoms with Gasteiger partial charge in [-0.05, 0) is 25.1 Å². The fourth-order valence-electron chi connectivity index (χ4n) is 1.81. The van der Waals surface area contributed by atoms with Gasteiger partial charge >= 0.3 is 0 Å². The second-order valence-corrected chi connectivity index (χ2v) is 4.39. The number of carbonyl (C=O) groups is 1. The van der Waals surface area contributed by atoms with Crippen molar-refractivity contribution in [2.24, 2.45) is 4.99 Å². The molecule has 0 spiro atoms. The van der Waals surface area contributed by atoms with Gasteiger partial charge in [0.05, 0.1) is 12.2 Å². The molecule has 0 aliphatic carbocycles. The number of fused-ring (bicyclic) bond motifs is 1. The molecule has 6 nitrogen and oxygen atoms in total. The minimum Gasteiger partial charge on any atom is -0.481 e. The molecule has 19 heavy (non-hydrogen) atoms. The first-order chi connectivity index (χ1) is 9.06. The average Bonchev–Trinajstić information content (AvgIpc) is 2.35. The van der Waals surface area contributed by atoms with Crippen molar-refractivity contribution in [3.8, 4) is 5.75 Å². The van der Waals surface area contributed by atoms with E-state index >= 15 is 0 Å². The number of anilines is 2. The Bertz CT molecular complexity index is 513. The summed E-state index contributed by atoms with van der Waals surface area (Å²) in [7, 11) is 0. The van der Waals surface area contributed by atoms with Crippen LogP contribution in [0.25, 0.3) is 0 Å². The Balaban J connectivity index is 2.03. The average molecular weight is 262 g/mol. The zero-order valence-electron chi connectivity index (χ0n) is 11.1. The molecule has 0 fully saturated rings. The maximum Gasteiger partial charge on any atom is 0.216 e. The van der Waals surface area contributed by atoms with Gasteiger partial charge in [0.2, 0.25) is 5.91 Å². The third kappa shape index (κ3) is 3.37. The molecule has 0 bridgehead atoms. The van der Waals surface area contributed by atoms with Crippen molar-refractivity contribution in [1.82, 2.24) is 5.32 Å². The van der Waals surface area contributed by atoms with Gasteiger partial charge in [-0.25, -0.2) is 0 Å². The quantitative estimate of drug-likeness (QED) is 0.560. The molecule has 102 valence electrons. The Morgan fingerprint density at radius 2 is 2.37 bits per heavy atom. The van der Waals surface area contributed by atoms with Crippen molar-refractivity contribution < 1.29 is 9.53 Å². The molecule has 0 saturated heterocycles. The van der Waals surface area contributed by atoms with E-state index in [9.17, 15) is 4.79 Å². The molecule has 4 N–H and O–H groups in total. The minimum absolute atomic E-state index is 0.0563. The lowest BCUT2D eigenvalue weighted by Crippen LogP contribution is -2.35. The van der Waals surface area contributed by atoms with E-state index in [2.05, 4.69) is 15.6 Å². The number of nitrogens with two attached hydrogens (primary N) is 1. The van der Waals surface area contributed by atoms with E-state index in [1.165, 1.54) is 6.92 Å². The van der Waals surface area contributed by atoms with E-state index in [0.717, 1.165) is 17.3 Å². The van der Waals surface area contributed by atoms with Crippen LogP contribution in [0.15, 0.2) is 23.2 Å². The van der Waals surface area contributed by atoms with Crippen LogP contribution in [0.3, 0.4) is 0 Å². The molecule has 1 aliphatic rings. The molecule has 6 heteroatoms. The molecule has 1 atom stereocenters. The number of rotatable bonds is 3. The standard InChI is InChI=1S/C13H18N4O2/c1-8-13(16-6-5-15-9(2)18)17-11-7-10(14)3-4-12(11)19-8/h3-4,7-8H,5-6,14H2,1-2H3,(H,15,18)(H,16,17). The zero-order valence-corrected chi connectivity index (χ0v) is 11.1. The molecule has 1 aromatic carbocycles. The number of amides is 1.